The van der Waals surface area contributed by atoms with Gasteiger partial charge in [-0.25, -0.2) is 9.31 Å². The van der Waals surface area contributed by atoms with Crippen LogP contribution in [0.1, 0.15) is 26.8 Å². The Morgan fingerprint density at radius 3 is 2.48 bits per heavy atom. The summed E-state index contributed by atoms with van der Waals surface area (Å²) in [6.07, 6.45) is -4.65. The molecule has 0 aliphatic heterocycles. The number of halogens is 5. The second-order valence-electron chi connectivity index (χ2n) is 5.36. The highest BCUT2D eigenvalue weighted by Gasteiger charge is 2.37. The average molecular weight is 437 g/mol. The quantitative estimate of drug-likeness (QED) is 0.476. The van der Waals surface area contributed by atoms with Crippen molar-refractivity contribution < 1.29 is 22.7 Å². The van der Waals surface area contributed by atoms with Crippen molar-refractivity contribution in [2.45, 2.75) is 13.1 Å². The molecule has 142 valence electrons. The van der Waals surface area contributed by atoms with E-state index in [2.05, 4.69) is 10.1 Å². The van der Waals surface area contributed by atoms with Gasteiger partial charge in [0.15, 0.2) is 0 Å². The van der Waals surface area contributed by atoms with E-state index in [0.29, 0.717) is 10.6 Å². The van der Waals surface area contributed by atoms with Crippen LogP contribution in [0.4, 0.5) is 13.2 Å². The molecule has 1 aromatic carbocycles. The Morgan fingerprint density at radius 2 is 1.93 bits per heavy atom. The monoisotopic (exact) mass is 436 g/mol. The van der Waals surface area contributed by atoms with Crippen molar-refractivity contribution in [2.75, 3.05) is 6.61 Å². The molecule has 3 aromatic rings. The minimum absolute atomic E-state index is 0.00692. The number of fused-ring (bicyclic) bond motifs is 1. The smallest absolute Gasteiger partial charge is 0.453 e. The molecular formula is C15H9Cl2F3N4O2S. The maximum absolute atomic E-state index is 12.7. The molecule has 27 heavy (non-hydrogen) atoms. The lowest BCUT2D eigenvalue weighted by molar-refractivity contribution is -0.144. The van der Waals surface area contributed by atoms with Crippen molar-refractivity contribution in [1.29, 1.82) is 5.41 Å². The summed E-state index contributed by atoms with van der Waals surface area (Å²) in [5, 5.41) is 12.0. The number of aryl methyl sites for hydroxylation is 1. The minimum atomic E-state index is -4.65. The van der Waals surface area contributed by atoms with E-state index in [1.54, 1.807) is 0 Å². The van der Waals surface area contributed by atoms with Crippen LogP contribution in [-0.4, -0.2) is 32.9 Å². The molecule has 0 saturated heterocycles. The maximum atomic E-state index is 12.7. The third-order valence-corrected chi connectivity index (χ3v) is 5.02. The Balaban J connectivity index is 1.75. The van der Waals surface area contributed by atoms with Crippen molar-refractivity contribution in [3.63, 3.8) is 0 Å². The third kappa shape index (κ3) is 4.07. The number of aromatic nitrogens is 3. The first-order chi connectivity index (χ1) is 12.6. The number of thiazole rings is 1. The zero-order valence-electron chi connectivity index (χ0n) is 13.4. The van der Waals surface area contributed by atoms with Gasteiger partial charge in [-0.1, -0.05) is 34.5 Å². The number of alkyl halides is 3. The Labute approximate surface area is 164 Å². The van der Waals surface area contributed by atoms with E-state index in [1.807, 2.05) is 0 Å². The number of carbonyl (C=O) groups excluding carboxylic acids is 1. The molecule has 0 amide bonds. The summed E-state index contributed by atoms with van der Waals surface area (Å²) in [4.78, 5) is 15.8. The molecule has 0 radical (unpaired) electrons. The van der Waals surface area contributed by atoms with Gasteiger partial charge in [0.1, 0.15) is 6.61 Å². The number of ether oxygens (including phenoxy) is 1. The number of carbonyl (C=O) groups is 1. The molecule has 0 bridgehead atoms. The summed E-state index contributed by atoms with van der Waals surface area (Å²) in [6, 6.07) is 4.19. The highest BCUT2D eigenvalue weighted by Crippen LogP contribution is 2.30. The highest BCUT2D eigenvalue weighted by atomic mass is 35.5. The van der Waals surface area contributed by atoms with Gasteiger partial charge in [-0.2, -0.15) is 18.2 Å². The predicted molar refractivity (Wildman–Crippen MR) is 94.2 cm³/mol. The molecule has 6 nitrogen and oxygen atoms in total. The van der Waals surface area contributed by atoms with Gasteiger partial charge in [0.2, 0.25) is 4.96 Å². The van der Waals surface area contributed by atoms with Gasteiger partial charge in [-0.3, -0.25) is 0 Å². The Morgan fingerprint density at radius 1 is 1.30 bits per heavy atom. The summed E-state index contributed by atoms with van der Waals surface area (Å²) in [7, 11) is 0. The first-order valence-electron chi connectivity index (χ1n) is 7.20. The van der Waals surface area contributed by atoms with E-state index in [0.717, 1.165) is 15.9 Å². The first kappa shape index (κ1) is 19.6. The molecule has 12 heteroatoms. The van der Waals surface area contributed by atoms with Crippen LogP contribution in [0.2, 0.25) is 10.0 Å². The Kier molecular flexibility index (Phi) is 5.15. The van der Waals surface area contributed by atoms with E-state index < -0.39 is 18.0 Å². The molecule has 0 saturated carbocycles. The lowest BCUT2D eigenvalue weighted by atomic mass is 10.2. The fraction of sp³-hybridized carbons (Fsp3) is 0.200. The summed E-state index contributed by atoms with van der Waals surface area (Å²) in [5.41, 5.74) is 0.319. The molecule has 0 unspecified atom stereocenters. The van der Waals surface area contributed by atoms with Gasteiger partial charge in [0, 0.05) is 10.0 Å². The predicted octanol–water partition coefficient (Wildman–Crippen LogP) is 4.65. The van der Waals surface area contributed by atoms with Gasteiger partial charge in [0.05, 0.1) is 21.8 Å². The fourth-order valence-corrected chi connectivity index (χ4v) is 3.72. The second kappa shape index (κ2) is 7.10. The van der Waals surface area contributed by atoms with Crippen LogP contribution in [0.5, 0.6) is 0 Å². The second-order valence-corrected chi connectivity index (χ2v) is 7.21. The van der Waals surface area contributed by atoms with Crippen LogP contribution >= 0.6 is 34.5 Å². The van der Waals surface area contributed by atoms with Crippen molar-refractivity contribution in [1.82, 2.24) is 14.6 Å². The van der Waals surface area contributed by atoms with E-state index >= 15 is 0 Å². The lowest BCUT2D eigenvalue weighted by Gasteiger charge is -2.06. The zero-order valence-corrected chi connectivity index (χ0v) is 15.7. The zero-order chi connectivity index (χ0) is 19.9. The Hall–Kier alpha value is -2.17. The summed E-state index contributed by atoms with van der Waals surface area (Å²) >= 11 is 12.5. The van der Waals surface area contributed by atoms with Crippen molar-refractivity contribution in [3.05, 3.63) is 50.2 Å². The molecule has 0 atom stereocenters. The molecule has 0 spiro atoms. The lowest BCUT2D eigenvalue weighted by Crippen LogP contribution is -2.15. The maximum Gasteiger partial charge on any atom is 0.453 e. The van der Waals surface area contributed by atoms with Crippen LogP contribution in [-0.2, 0) is 10.9 Å². The summed E-state index contributed by atoms with van der Waals surface area (Å²) < 4.78 is 44.1. The summed E-state index contributed by atoms with van der Waals surface area (Å²) in [5.74, 6) is -1.99. The average Bonchev–Trinajstić information content (AvgIpc) is 3.11. The van der Waals surface area contributed by atoms with Crippen LogP contribution in [0, 0.1) is 12.3 Å². The highest BCUT2D eigenvalue weighted by molar-refractivity contribution is 7.19. The van der Waals surface area contributed by atoms with E-state index in [4.69, 9.17) is 33.3 Å². The van der Waals surface area contributed by atoms with Crippen molar-refractivity contribution in [3.8, 4) is 0 Å². The number of benzene rings is 1. The molecule has 0 aliphatic carbocycles. The first-order valence-corrected chi connectivity index (χ1v) is 8.78. The number of esters is 1. The van der Waals surface area contributed by atoms with Crippen LogP contribution in [0.25, 0.3) is 4.96 Å². The van der Waals surface area contributed by atoms with Gasteiger partial charge < -0.3 is 10.1 Å². The molecule has 1 N–H and O–H groups in total. The van der Waals surface area contributed by atoms with Crippen LogP contribution in [0.15, 0.2) is 18.2 Å². The van der Waals surface area contributed by atoms with Crippen LogP contribution in [0.3, 0.4) is 0 Å². The molecule has 0 aliphatic rings. The normalized spacial score (nSPS) is 11.8. The molecule has 2 heterocycles. The standard InChI is InChI=1S/C15H9Cl2F3N4O2S/c1-6-11(27-14-22-13(15(18,19)20)23-24(6)14)10(21)5-26-12(25)7-2-8(16)4-9(17)3-7/h2-4,21H,5H2,1H3. The SMILES string of the molecule is Cc1c(C(=N)COC(=O)c2cc(Cl)cc(Cl)c2)sc2nc(C(F)(F)F)nn12. The topological polar surface area (TPSA) is 80.3 Å². The van der Waals surface area contributed by atoms with Gasteiger partial charge in [-0.15, -0.1) is 5.10 Å². The molecule has 2 aromatic heterocycles. The molecule has 0 fully saturated rings. The fourth-order valence-electron chi connectivity index (χ4n) is 2.20. The molecular weight excluding hydrogens is 428 g/mol. The van der Waals surface area contributed by atoms with Gasteiger partial charge >= 0.3 is 12.1 Å². The van der Waals surface area contributed by atoms with Gasteiger partial charge in [0.25, 0.3) is 5.82 Å². The van der Waals surface area contributed by atoms with Crippen molar-refractivity contribution in [2.24, 2.45) is 0 Å². The minimum Gasteiger partial charge on any atom is -0.456 e. The summed E-state index contributed by atoms with van der Waals surface area (Å²) in [6.45, 7) is 1.11. The number of hydrogen-bond acceptors (Lipinski definition) is 6. The number of hydrogen-bond donors (Lipinski definition) is 1. The van der Waals surface area contributed by atoms with E-state index in [-0.39, 0.29) is 32.9 Å². The van der Waals surface area contributed by atoms with Crippen LogP contribution < -0.4 is 0 Å². The van der Waals surface area contributed by atoms with Gasteiger partial charge in [-0.05, 0) is 25.1 Å². The van der Waals surface area contributed by atoms with Crippen molar-refractivity contribution >= 4 is 51.2 Å². The number of rotatable bonds is 4. The molecule has 3 rings (SSSR count). The number of nitrogens with zero attached hydrogens (tertiary/aromatic N) is 3. The number of nitrogens with one attached hydrogen (secondary N) is 1. The third-order valence-electron chi connectivity index (χ3n) is 3.39. The van der Waals surface area contributed by atoms with E-state index in [1.165, 1.54) is 25.1 Å². The van der Waals surface area contributed by atoms with E-state index in [9.17, 15) is 18.0 Å². The largest absolute Gasteiger partial charge is 0.456 e. The Bertz CT molecular complexity index is 1040.